The zero-order chi connectivity index (χ0) is 18.6. The number of aryl methyl sites for hydroxylation is 2. The first-order valence-corrected chi connectivity index (χ1v) is 9.91. The van der Waals surface area contributed by atoms with Crippen molar-refractivity contribution in [2.45, 2.75) is 50.5 Å². The Labute approximate surface area is 159 Å². The summed E-state index contributed by atoms with van der Waals surface area (Å²) in [5.41, 5.74) is 5.37. The molecular formula is C24H33NO. The molecule has 2 heteroatoms. The van der Waals surface area contributed by atoms with E-state index in [2.05, 4.69) is 74.4 Å². The van der Waals surface area contributed by atoms with Crippen LogP contribution in [0.3, 0.4) is 0 Å². The maximum Gasteiger partial charge on any atom is 0.0998 e. The first kappa shape index (κ1) is 19.1. The highest BCUT2D eigenvalue weighted by atomic mass is 16.5. The number of fused-ring (bicyclic) bond motifs is 1. The van der Waals surface area contributed by atoms with E-state index in [1.54, 1.807) is 0 Å². The average Bonchev–Trinajstić information content (AvgIpc) is 2.80. The zero-order valence-corrected chi connectivity index (χ0v) is 16.8. The predicted octanol–water partition coefficient (Wildman–Crippen LogP) is 5.30. The second-order valence-corrected chi connectivity index (χ2v) is 8.01. The van der Waals surface area contributed by atoms with Crippen LogP contribution < -0.4 is 0 Å². The second-order valence-electron chi connectivity index (χ2n) is 8.01. The van der Waals surface area contributed by atoms with Crippen LogP contribution in [0.15, 0.2) is 48.5 Å². The summed E-state index contributed by atoms with van der Waals surface area (Å²) in [7, 11) is 6.22. The van der Waals surface area contributed by atoms with Crippen molar-refractivity contribution in [3.8, 4) is 0 Å². The second kappa shape index (κ2) is 8.37. The normalized spacial score (nSPS) is 22.9. The third kappa shape index (κ3) is 3.87. The van der Waals surface area contributed by atoms with Crippen molar-refractivity contribution < 1.29 is 4.74 Å². The first-order valence-electron chi connectivity index (χ1n) is 9.91. The summed E-state index contributed by atoms with van der Waals surface area (Å²) >= 11 is 0. The summed E-state index contributed by atoms with van der Waals surface area (Å²) in [6, 6.07) is 18.1. The van der Waals surface area contributed by atoms with Crippen molar-refractivity contribution >= 4 is 0 Å². The Kier molecular flexibility index (Phi) is 6.16. The van der Waals surface area contributed by atoms with Gasteiger partial charge in [-0.2, -0.15) is 0 Å². The van der Waals surface area contributed by atoms with Crippen LogP contribution in [0.5, 0.6) is 0 Å². The molecule has 0 aromatic heterocycles. The van der Waals surface area contributed by atoms with E-state index < -0.39 is 0 Å². The highest BCUT2D eigenvalue weighted by Crippen LogP contribution is 2.49. The van der Waals surface area contributed by atoms with Crippen LogP contribution in [0.2, 0.25) is 0 Å². The molecular weight excluding hydrogens is 318 g/mol. The number of hydrogen-bond acceptors (Lipinski definition) is 2. The number of hydrogen-bond donors (Lipinski definition) is 0. The molecule has 2 nitrogen and oxygen atoms in total. The summed E-state index contributed by atoms with van der Waals surface area (Å²) in [4.78, 5) is 2.27. The van der Waals surface area contributed by atoms with Gasteiger partial charge in [0, 0.05) is 13.0 Å². The molecule has 0 bridgehead atoms. The Bertz CT molecular complexity index is 706. The van der Waals surface area contributed by atoms with Crippen LogP contribution in [0.1, 0.15) is 53.9 Å². The van der Waals surface area contributed by atoms with Gasteiger partial charge in [-0.3, -0.25) is 0 Å². The van der Waals surface area contributed by atoms with Crippen molar-refractivity contribution in [1.29, 1.82) is 0 Å². The molecule has 0 heterocycles. The lowest BCUT2D eigenvalue weighted by atomic mass is 9.73. The van der Waals surface area contributed by atoms with Gasteiger partial charge in [-0.25, -0.2) is 0 Å². The lowest BCUT2D eigenvalue weighted by Crippen LogP contribution is -2.37. The van der Waals surface area contributed by atoms with E-state index in [9.17, 15) is 0 Å². The number of benzene rings is 2. The molecule has 0 spiro atoms. The zero-order valence-electron chi connectivity index (χ0n) is 16.8. The maximum atomic E-state index is 6.45. The molecule has 2 aromatic carbocycles. The fraction of sp³-hybridized carbons (Fsp3) is 0.500. The molecule has 0 amide bonds. The number of methoxy groups -OCH3 is 1. The molecule has 1 aliphatic rings. The molecule has 0 fully saturated rings. The third-order valence-corrected chi connectivity index (χ3v) is 5.97. The Morgan fingerprint density at radius 3 is 2.50 bits per heavy atom. The molecule has 3 rings (SSSR count). The quantitative estimate of drug-likeness (QED) is 0.655. The van der Waals surface area contributed by atoms with Crippen LogP contribution in [-0.2, 0) is 16.8 Å². The van der Waals surface area contributed by atoms with Crippen LogP contribution >= 0.6 is 0 Å². The molecule has 2 atom stereocenters. The van der Waals surface area contributed by atoms with E-state index in [0.717, 1.165) is 25.8 Å². The Balaban J connectivity index is 2.06. The minimum atomic E-state index is -0.238. The van der Waals surface area contributed by atoms with Crippen molar-refractivity contribution in [2.75, 3.05) is 27.7 Å². The molecule has 1 aliphatic carbocycles. The summed E-state index contributed by atoms with van der Waals surface area (Å²) in [5.74, 6) is 0.402. The van der Waals surface area contributed by atoms with Gasteiger partial charge in [0.15, 0.2) is 0 Å². The average molecular weight is 352 g/mol. The van der Waals surface area contributed by atoms with E-state index in [-0.39, 0.29) is 5.60 Å². The topological polar surface area (TPSA) is 12.5 Å². The SMILES string of the molecule is CO[C@]1(CCCN(C)C)c2ccccc2CCC[C@@H]1c1ccc(C)cc1. The largest absolute Gasteiger partial charge is 0.373 e. The molecule has 0 unspecified atom stereocenters. The number of ether oxygens (including phenoxy) is 1. The minimum Gasteiger partial charge on any atom is -0.373 e. The van der Waals surface area contributed by atoms with Crippen LogP contribution in [0.25, 0.3) is 0 Å². The minimum absolute atomic E-state index is 0.238. The van der Waals surface area contributed by atoms with E-state index in [1.807, 2.05) is 7.11 Å². The summed E-state index contributed by atoms with van der Waals surface area (Å²) in [5, 5.41) is 0. The van der Waals surface area contributed by atoms with Crippen molar-refractivity contribution in [3.63, 3.8) is 0 Å². The summed E-state index contributed by atoms with van der Waals surface area (Å²) < 4.78 is 6.45. The van der Waals surface area contributed by atoms with Gasteiger partial charge in [0.25, 0.3) is 0 Å². The van der Waals surface area contributed by atoms with Gasteiger partial charge >= 0.3 is 0 Å². The van der Waals surface area contributed by atoms with E-state index in [4.69, 9.17) is 4.74 Å². The van der Waals surface area contributed by atoms with Crippen LogP contribution in [0, 0.1) is 6.92 Å². The Hall–Kier alpha value is -1.64. The standard InChI is InChI=1S/C24H33NO/c1-19-13-15-21(16-14-19)23-12-7-10-20-9-5-6-11-22(20)24(23,26-4)17-8-18-25(2)3/h5-6,9,11,13-16,23H,7-8,10,12,17-18H2,1-4H3/t23-,24-/m1/s1. The molecule has 0 radical (unpaired) electrons. The molecule has 26 heavy (non-hydrogen) atoms. The Morgan fingerprint density at radius 2 is 1.81 bits per heavy atom. The van der Waals surface area contributed by atoms with Crippen molar-refractivity contribution in [2.24, 2.45) is 0 Å². The van der Waals surface area contributed by atoms with E-state index in [0.29, 0.717) is 5.92 Å². The lowest BCUT2D eigenvalue weighted by molar-refractivity contribution is -0.0494. The van der Waals surface area contributed by atoms with Gasteiger partial charge in [-0.1, -0.05) is 54.1 Å². The predicted molar refractivity (Wildman–Crippen MR) is 110 cm³/mol. The maximum absolute atomic E-state index is 6.45. The van der Waals surface area contributed by atoms with Gasteiger partial charge in [0.1, 0.15) is 0 Å². The van der Waals surface area contributed by atoms with E-state index >= 15 is 0 Å². The third-order valence-electron chi connectivity index (χ3n) is 5.97. The Morgan fingerprint density at radius 1 is 1.08 bits per heavy atom. The molecule has 0 saturated heterocycles. The summed E-state index contributed by atoms with van der Waals surface area (Å²) in [6.07, 6.45) is 5.73. The number of nitrogens with zero attached hydrogens (tertiary/aromatic N) is 1. The van der Waals surface area contributed by atoms with Crippen molar-refractivity contribution in [3.05, 3.63) is 70.8 Å². The monoisotopic (exact) mass is 351 g/mol. The van der Waals surface area contributed by atoms with Gasteiger partial charge in [0.05, 0.1) is 5.60 Å². The molecule has 2 aromatic rings. The lowest BCUT2D eigenvalue weighted by Gasteiger charge is -2.41. The fourth-order valence-electron chi connectivity index (χ4n) is 4.62. The van der Waals surface area contributed by atoms with Gasteiger partial charge in [0.2, 0.25) is 0 Å². The first-order chi connectivity index (χ1) is 12.6. The molecule has 0 aliphatic heterocycles. The van der Waals surface area contributed by atoms with Crippen molar-refractivity contribution in [1.82, 2.24) is 4.90 Å². The smallest absolute Gasteiger partial charge is 0.0998 e. The highest BCUT2D eigenvalue weighted by molar-refractivity contribution is 5.39. The van der Waals surface area contributed by atoms with Crippen LogP contribution in [-0.4, -0.2) is 32.6 Å². The van der Waals surface area contributed by atoms with E-state index in [1.165, 1.54) is 35.1 Å². The number of rotatable bonds is 6. The highest BCUT2D eigenvalue weighted by Gasteiger charge is 2.43. The van der Waals surface area contributed by atoms with Gasteiger partial charge < -0.3 is 9.64 Å². The van der Waals surface area contributed by atoms with Gasteiger partial charge in [-0.05, 0) is 76.4 Å². The fourth-order valence-corrected chi connectivity index (χ4v) is 4.62. The summed E-state index contributed by atoms with van der Waals surface area (Å²) in [6.45, 7) is 3.25. The molecule has 0 saturated carbocycles. The molecule has 140 valence electrons. The van der Waals surface area contributed by atoms with Crippen LogP contribution in [0.4, 0.5) is 0 Å². The molecule has 0 N–H and O–H groups in total. The van der Waals surface area contributed by atoms with Gasteiger partial charge in [-0.15, -0.1) is 0 Å².